The third kappa shape index (κ3) is 3.12. The van der Waals surface area contributed by atoms with Gasteiger partial charge in [-0.1, -0.05) is 97.1 Å². The molecule has 5 heterocycles. The first-order valence-electron chi connectivity index (χ1n) is 16.8. The molecular formula is C45H26N4. The molecule has 0 bridgehead atoms. The second-order valence-corrected chi connectivity index (χ2v) is 13.2. The molecule has 0 N–H and O–H groups in total. The highest BCUT2D eigenvalue weighted by Gasteiger charge is 2.26. The van der Waals surface area contributed by atoms with E-state index in [1.54, 1.807) is 0 Å². The van der Waals surface area contributed by atoms with E-state index in [-0.39, 0.29) is 0 Å². The van der Waals surface area contributed by atoms with Gasteiger partial charge in [0.2, 0.25) is 0 Å². The van der Waals surface area contributed by atoms with Crippen molar-refractivity contribution >= 4 is 92.5 Å². The molecule has 4 nitrogen and oxygen atoms in total. The smallest absolute Gasteiger partial charge is 0.0745 e. The zero-order valence-corrected chi connectivity index (χ0v) is 26.3. The monoisotopic (exact) mass is 622 g/mol. The van der Waals surface area contributed by atoms with Crippen LogP contribution in [0.2, 0.25) is 0 Å². The molecule has 0 spiro atoms. The van der Waals surface area contributed by atoms with Crippen molar-refractivity contribution in [2.24, 2.45) is 0 Å². The summed E-state index contributed by atoms with van der Waals surface area (Å²) in [5, 5.41) is 12.6. The highest BCUT2D eigenvalue weighted by molar-refractivity contribution is 6.36. The summed E-state index contributed by atoms with van der Waals surface area (Å²) in [5.74, 6) is 0. The van der Waals surface area contributed by atoms with E-state index in [2.05, 4.69) is 165 Å². The number of hydrogen-bond donors (Lipinski definition) is 0. The van der Waals surface area contributed by atoms with Crippen LogP contribution in [0.25, 0.3) is 104 Å². The van der Waals surface area contributed by atoms with Crippen molar-refractivity contribution in [1.82, 2.24) is 18.5 Å². The number of fused-ring (bicyclic) bond motifs is 14. The number of aromatic nitrogens is 4. The van der Waals surface area contributed by atoms with Gasteiger partial charge in [-0.3, -0.25) is 4.98 Å². The van der Waals surface area contributed by atoms with Crippen LogP contribution in [0.3, 0.4) is 0 Å². The van der Waals surface area contributed by atoms with Crippen molar-refractivity contribution in [3.05, 3.63) is 158 Å². The molecule has 0 unspecified atom stereocenters. The van der Waals surface area contributed by atoms with Gasteiger partial charge >= 0.3 is 0 Å². The summed E-state index contributed by atoms with van der Waals surface area (Å²) < 4.78 is 7.33. The summed E-state index contributed by atoms with van der Waals surface area (Å²) in [5.41, 5.74) is 10.6. The second-order valence-electron chi connectivity index (χ2n) is 13.2. The van der Waals surface area contributed by atoms with Gasteiger partial charge in [0.05, 0.1) is 56.7 Å². The molecule has 0 saturated heterocycles. The molecule has 0 fully saturated rings. The largest absolute Gasteiger partial charge is 0.308 e. The van der Waals surface area contributed by atoms with Gasteiger partial charge in [0, 0.05) is 48.8 Å². The molecule has 0 atom stereocenters. The molecule has 5 aromatic heterocycles. The predicted molar refractivity (Wildman–Crippen MR) is 205 cm³/mol. The Morgan fingerprint density at radius 2 is 1.00 bits per heavy atom. The predicted octanol–water partition coefficient (Wildman–Crippen LogP) is 11.6. The van der Waals surface area contributed by atoms with Crippen LogP contribution < -0.4 is 0 Å². The van der Waals surface area contributed by atoms with Crippen LogP contribution >= 0.6 is 0 Å². The molecule has 4 heteroatoms. The van der Waals surface area contributed by atoms with Crippen molar-refractivity contribution in [1.29, 1.82) is 0 Å². The third-order valence-electron chi connectivity index (χ3n) is 10.8. The third-order valence-corrected chi connectivity index (χ3v) is 10.8. The van der Waals surface area contributed by atoms with E-state index in [4.69, 9.17) is 4.98 Å². The minimum absolute atomic E-state index is 1.08. The molecule has 7 aromatic carbocycles. The standard InChI is InChI=1S/C45H26N4/c1-2-14-29(15-3-1)47-36-20-10-7-17-31(36)42-40(47)25-46-26-41(42)48-37-21-11-8-18-32(37)43-39(48)24-33-30-16-6-9-19-35(30)49-38-23-28-13-5-4-12-27(28)22-34(38)44(43)45(33)49/h1-26H. The Bertz CT molecular complexity index is 3320. The van der Waals surface area contributed by atoms with Crippen molar-refractivity contribution in [2.45, 2.75) is 0 Å². The minimum Gasteiger partial charge on any atom is -0.308 e. The van der Waals surface area contributed by atoms with E-state index in [1.165, 1.54) is 87.0 Å². The van der Waals surface area contributed by atoms with Crippen LogP contribution in [-0.4, -0.2) is 18.5 Å². The first kappa shape index (κ1) is 25.4. The van der Waals surface area contributed by atoms with E-state index < -0.39 is 0 Å². The number of nitrogens with zero attached hydrogens (tertiary/aromatic N) is 4. The van der Waals surface area contributed by atoms with Crippen LogP contribution in [0.15, 0.2) is 158 Å². The van der Waals surface area contributed by atoms with E-state index in [0.29, 0.717) is 0 Å². The Morgan fingerprint density at radius 1 is 0.367 bits per heavy atom. The quantitative estimate of drug-likeness (QED) is 0.188. The first-order chi connectivity index (χ1) is 24.3. The van der Waals surface area contributed by atoms with Crippen LogP contribution in [-0.2, 0) is 0 Å². The number of rotatable bonds is 2. The summed E-state index contributed by atoms with van der Waals surface area (Å²) >= 11 is 0. The highest BCUT2D eigenvalue weighted by Crippen LogP contribution is 2.48. The van der Waals surface area contributed by atoms with Crippen LogP contribution in [0.4, 0.5) is 0 Å². The maximum Gasteiger partial charge on any atom is 0.0745 e. The summed E-state index contributed by atoms with van der Waals surface area (Å²) in [6.07, 6.45) is 4.08. The van der Waals surface area contributed by atoms with Crippen molar-refractivity contribution in [3.8, 4) is 11.4 Å². The Hall–Kier alpha value is -6.65. The fourth-order valence-electron chi connectivity index (χ4n) is 8.88. The second kappa shape index (κ2) is 9.03. The lowest BCUT2D eigenvalue weighted by Crippen LogP contribution is -1.97. The molecule has 0 amide bonds. The number of para-hydroxylation sites is 4. The van der Waals surface area contributed by atoms with E-state index in [0.717, 1.165) is 16.9 Å². The van der Waals surface area contributed by atoms with Crippen LogP contribution in [0.5, 0.6) is 0 Å². The van der Waals surface area contributed by atoms with E-state index >= 15 is 0 Å². The zero-order valence-electron chi connectivity index (χ0n) is 26.3. The minimum atomic E-state index is 1.08. The Balaban J connectivity index is 1.33. The molecule has 0 radical (unpaired) electrons. The fourth-order valence-corrected chi connectivity index (χ4v) is 8.88. The van der Waals surface area contributed by atoms with Crippen molar-refractivity contribution in [3.63, 3.8) is 0 Å². The average molecular weight is 623 g/mol. The van der Waals surface area contributed by atoms with Gasteiger partial charge in [0.15, 0.2) is 0 Å². The van der Waals surface area contributed by atoms with Gasteiger partial charge in [-0.05, 0) is 59.3 Å². The average Bonchev–Trinajstić information content (AvgIpc) is 3.88. The molecule has 49 heavy (non-hydrogen) atoms. The molecule has 0 saturated carbocycles. The highest BCUT2D eigenvalue weighted by atomic mass is 15.0. The number of pyridine rings is 1. The normalized spacial score (nSPS) is 12.5. The number of benzene rings is 7. The summed E-state index contributed by atoms with van der Waals surface area (Å²) in [7, 11) is 0. The van der Waals surface area contributed by atoms with Crippen molar-refractivity contribution in [2.75, 3.05) is 0 Å². The molecule has 0 aliphatic rings. The number of hydrogen-bond acceptors (Lipinski definition) is 1. The topological polar surface area (TPSA) is 27.2 Å². The zero-order chi connectivity index (χ0) is 31.8. The van der Waals surface area contributed by atoms with Gasteiger partial charge in [-0.2, -0.15) is 0 Å². The molecular weight excluding hydrogens is 597 g/mol. The molecule has 0 aliphatic carbocycles. The van der Waals surface area contributed by atoms with E-state index in [9.17, 15) is 0 Å². The lowest BCUT2D eigenvalue weighted by Gasteiger charge is -2.11. The van der Waals surface area contributed by atoms with Gasteiger partial charge < -0.3 is 13.5 Å². The van der Waals surface area contributed by atoms with Gasteiger partial charge in [0.25, 0.3) is 0 Å². The first-order valence-corrected chi connectivity index (χ1v) is 16.8. The van der Waals surface area contributed by atoms with Crippen LogP contribution in [0.1, 0.15) is 0 Å². The summed E-state index contributed by atoms with van der Waals surface area (Å²) in [6, 6.07) is 53.1. The summed E-state index contributed by atoms with van der Waals surface area (Å²) in [4.78, 5) is 4.94. The molecule has 12 rings (SSSR count). The molecule has 12 aromatic rings. The SMILES string of the molecule is c1ccc(-n2c3ccccc3c3c(-n4c5ccccc5c5c6c7cc8ccccc8cc7n7c8ccccc8c(cc54)c67)cncc32)cc1. The van der Waals surface area contributed by atoms with Gasteiger partial charge in [-0.15, -0.1) is 0 Å². The molecule has 226 valence electrons. The Kier molecular flexibility index (Phi) is 4.69. The Morgan fingerprint density at radius 3 is 1.80 bits per heavy atom. The maximum absolute atomic E-state index is 4.94. The van der Waals surface area contributed by atoms with Gasteiger partial charge in [-0.25, -0.2) is 0 Å². The molecule has 0 aliphatic heterocycles. The lowest BCUT2D eigenvalue weighted by molar-refractivity contribution is 1.14. The van der Waals surface area contributed by atoms with Crippen molar-refractivity contribution < 1.29 is 0 Å². The van der Waals surface area contributed by atoms with E-state index in [1.807, 2.05) is 6.20 Å². The maximum atomic E-state index is 4.94. The summed E-state index contributed by atoms with van der Waals surface area (Å²) in [6.45, 7) is 0. The van der Waals surface area contributed by atoms with Gasteiger partial charge in [0.1, 0.15) is 0 Å². The fraction of sp³-hybridized carbons (Fsp3) is 0. The lowest BCUT2D eigenvalue weighted by atomic mass is 10.0. The van der Waals surface area contributed by atoms with Crippen LogP contribution in [0, 0.1) is 0 Å². The Labute approximate surface area is 279 Å².